The number of nitrogens with one attached hydrogen (secondary N) is 1. The lowest BCUT2D eigenvalue weighted by Crippen LogP contribution is -2.29. The van der Waals surface area contributed by atoms with E-state index in [9.17, 15) is 4.79 Å². The Morgan fingerprint density at radius 3 is 2.50 bits per heavy atom. The van der Waals surface area contributed by atoms with Gasteiger partial charge in [-0.15, -0.1) is 6.42 Å². The van der Waals surface area contributed by atoms with Crippen molar-refractivity contribution >= 4 is 17.0 Å². The molecule has 1 aromatic carbocycles. The van der Waals surface area contributed by atoms with Gasteiger partial charge in [-0.2, -0.15) is 0 Å². The van der Waals surface area contributed by atoms with E-state index >= 15 is 0 Å². The molecule has 0 aromatic heterocycles. The van der Waals surface area contributed by atoms with E-state index in [0.717, 1.165) is 35.2 Å². The molecule has 0 saturated heterocycles. The maximum atomic E-state index is 11.8. The second-order valence-corrected chi connectivity index (χ2v) is 5.52. The molecule has 108 valence electrons. The fraction of sp³-hybridized carbons (Fsp3) is 0.438. The van der Waals surface area contributed by atoms with Gasteiger partial charge in [0.25, 0.3) is 5.24 Å². The number of rotatable bonds is 6. The van der Waals surface area contributed by atoms with E-state index in [1.165, 1.54) is 0 Å². The van der Waals surface area contributed by atoms with Crippen molar-refractivity contribution in [3.8, 4) is 18.1 Å². The number of carbonyl (C=O) groups is 1. The number of benzene rings is 1. The molecular formula is C16H21NO2S. The smallest absolute Gasteiger partial charge is 0.284 e. The molecule has 0 radical (unpaired) electrons. The van der Waals surface area contributed by atoms with E-state index < -0.39 is 0 Å². The summed E-state index contributed by atoms with van der Waals surface area (Å²) in [4.78, 5) is 12.6. The molecule has 20 heavy (non-hydrogen) atoms. The number of hydrogen-bond donors (Lipinski definition) is 1. The average Bonchev–Trinajstić information content (AvgIpc) is 2.46. The lowest BCUT2D eigenvalue weighted by molar-refractivity contribution is 0.217. The molecule has 1 amide bonds. The van der Waals surface area contributed by atoms with Crippen LogP contribution in [0, 0.1) is 12.3 Å². The van der Waals surface area contributed by atoms with E-state index in [0.29, 0.717) is 0 Å². The number of terminal acetylenes is 1. The molecule has 0 aliphatic rings. The molecule has 0 heterocycles. The van der Waals surface area contributed by atoms with Crippen LogP contribution in [-0.4, -0.2) is 17.4 Å². The highest BCUT2D eigenvalue weighted by Crippen LogP contribution is 2.23. The highest BCUT2D eigenvalue weighted by atomic mass is 32.2. The topological polar surface area (TPSA) is 38.3 Å². The van der Waals surface area contributed by atoms with Crippen molar-refractivity contribution in [2.24, 2.45) is 0 Å². The van der Waals surface area contributed by atoms with Crippen LogP contribution in [0.2, 0.25) is 0 Å². The van der Waals surface area contributed by atoms with Crippen LogP contribution < -0.4 is 10.1 Å². The van der Waals surface area contributed by atoms with Gasteiger partial charge in [-0.05, 0) is 55.8 Å². The fourth-order valence-electron chi connectivity index (χ4n) is 1.44. The molecule has 2 atom stereocenters. The predicted molar refractivity (Wildman–Crippen MR) is 84.1 cm³/mol. The summed E-state index contributed by atoms with van der Waals surface area (Å²) in [5.41, 5.74) is 0. The van der Waals surface area contributed by atoms with Crippen molar-refractivity contribution in [1.29, 1.82) is 0 Å². The van der Waals surface area contributed by atoms with Gasteiger partial charge < -0.3 is 10.1 Å². The van der Waals surface area contributed by atoms with Gasteiger partial charge in [0.15, 0.2) is 0 Å². The first-order valence-electron chi connectivity index (χ1n) is 6.80. The largest absolute Gasteiger partial charge is 0.491 e. The minimum atomic E-state index is -0.206. The minimum absolute atomic E-state index is 0.134. The molecule has 0 bridgehead atoms. The SMILES string of the molecule is C#CC(CC)NC(=O)Sc1ccc(O[C@@H](C)CC)cc1. The molecule has 1 rings (SSSR count). The molecule has 3 nitrogen and oxygen atoms in total. The Bertz CT molecular complexity index is 464. The summed E-state index contributed by atoms with van der Waals surface area (Å²) in [7, 11) is 0. The van der Waals surface area contributed by atoms with Crippen LogP contribution >= 0.6 is 11.8 Å². The maximum absolute atomic E-state index is 11.8. The van der Waals surface area contributed by atoms with Gasteiger partial charge in [-0.3, -0.25) is 4.79 Å². The minimum Gasteiger partial charge on any atom is -0.491 e. The zero-order chi connectivity index (χ0) is 15.0. The zero-order valence-corrected chi connectivity index (χ0v) is 13.0. The molecule has 1 unspecified atom stereocenters. The summed E-state index contributed by atoms with van der Waals surface area (Å²) in [5, 5.41) is 2.64. The van der Waals surface area contributed by atoms with E-state index in [1.54, 1.807) is 0 Å². The van der Waals surface area contributed by atoms with Crippen LogP contribution in [0.15, 0.2) is 29.2 Å². The molecular weight excluding hydrogens is 270 g/mol. The van der Waals surface area contributed by atoms with Gasteiger partial charge in [0.2, 0.25) is 0 Å². The van der Waals surface area contributed by atoms with Gasteiger partial charge in [-0.1, -0.05) is 19.8 Å². The second kappa shape index (κ2) is 8.55. The number of ether oxygens (including phenoxy) is 1. The summed E-state index contributed by atoms with van der Waals surface area (Å²) >= 11 is 1.13. The molecule has 0 saturated carbocycles. The summed E-state index contributed by atoms with van der Waals surface area (Å²) in [6.07, 6.45) is 7.19. The molecule has 4 heteroatoms. The third-order valence-corrected chi connectivity index (χ3v) is 3.66. The number of hydrogen-bond acceptors (Lipinski definition) is 3. The normalized spacial score (nSPS) is 13.1. The molecule has 1 N–H and O–H groups in total. The maximum Gasteiger partial charge on any atom is 0.284 e. The number of amides is 1. The molecule has 0 aliphatic carbocycles. The van der Waals surface area contributed by atoms with Crippen LogP contribution in [0.5, 0.6) is 5.75 Å². The van der Waals surface area contributed by atoms with Gasteiger partial charge in [0, 0.05) is 4.90 Å². The summed E-state index contributed by atoms with van der Waals surface area (Å²) < 4.78 is 5.69. The lowest BCUT2D eigenvalue weighted by atomic mass is 10.2. The first-order valence-corrected chi connectivity index (χ1v) is 7.61. The molecule has 0 fully saturated rings. The Balaban J connectivity index is 2.53. The third kappa shape index (κ3) is 5.58. The second-order valence-electron chi connectivity index (χ2n) is 4.47. The van der Waals surface area contributed by atoms with E-state index in [4.69, 9.17) is 11.2 Å². The zero-order valence-electron chi connectivity index (χ0n) is 12.2. The number of carbonyl (C=O) groups excluding carboxylic acids is 1. The van der Waals surface area contributed by atoms with Crippen molar-refractivity contribution in [2.45, 2.75) is 50.7 Å². The Labute approximate surface area is 125 Å². The van der Waals surface area contributed by atoms with Gasteiger partial charge >= 0.3 is 0 Å². The van der Waals surface area contributed by atoms with Crippen molar-refractivity contribution in [3.05, 3.63) is 24.3 Å². The molecule has 0 aliphatic heterocycles. The monoisotopic (exact) mass is 291 g/mol. The third-order valence-electron chi connectivity index (χ3n) is 2.85. The standard InChI is InChI=1S/C16H21NO2S/c1-5-12(4)19-14-8-10-15(11-9-14)20-16(18)17-13(6-2)7-3/h2,8-13H,5,7H2,1,3-4H3,(H,17,18)/t12-,13?/m0/s1. The van der Waals surface area contributed by atoms with E-state index in [-0.39, 0.29) is 17.4 Å². The lowest BCUT2D eigenvalue weighted by Gasteiger charge is -2.13. The van der Waals surface area contributed by atoms with Crippen molar-refractivity contribution < 1.29 is 9.53 Å². The predicted octanol–water partition coefficient (Wildman–Crippen LogP) is 4.08. The highest BCUT2D eigenvalue weighted by molar-refractivity contribution is 8.13. The highest BCUT2D eigenvalue weighted by Gasteiger charge is 2.09. The summed E-state index contributed by atoms with van der Waals surface area (Å²) in [6, 6.07) is 7.29. The summed E-state index contributed by atoms with van der Waals surface area (Å²) in [5.74, 6) is 3.36. The van der Waals surface area contributed by atoms with Crippen LogP contribution in [-0.2, 0) is 0 Å². The van der Waals surface area contributed by atoms with Crippen LogP contribution in [0.25, 0.3) is 0 Å². The van der Waals surface area contributed by atoms with Crippen LogP contribution in [0.3, 0.4) is 0 Å². The Morgan fingerprint density at radius 1 is 1.35 bits per heavy atom. The first kappa shape index (κ1) is 16.5. The fourth-order valence-corrected chi connectivity index (χ4v) is 2.13. The Morgan fingerprint density at radius 2 is 2.00 bits per heavy atom. The van der Waals surface area contributed by atoms with E-state index in [1.807, 2.05) is 38.1 Å². The van der Waals surface area contributed by atoms with E-state index in [2.05, 4.69) is 18.2 Å². The average molecular weight is 291 g/mol. The van der Waals surface area contributed by atoms with Crippen molar-refractivity contribution in [1.82, 2.24) is 5.32 Å². The Kier molecular flexibility index (Phi) is 7.03. The quantitative estimate of drug-likeness (QED) is 0.634. The number of thioether (sulfide) groups is 1. The molecule has 0 spiro atoms. The van der Waals surface area contributed by atoms with Crippen molar-refractivity contribution in [2.75, 3.05) is 0 Å². The van der Waals surface area contributed by atoms with Crippen molar-refractivity contribution in [3.63, 3.8) is 0 Å². The van der Waals surface area contributed by atoms with Gasteiger partial charge in [-0.25, -0.2) is 0 Å². The summed E-state index contributed by atoms with van der Waals surface area (Å²) in [6.45, 7) is 6.05. The Hall–Kier alpha value is -1.60. The first-order chi connectivity index (χ1) is 9.58. The molecule has 1 aromatic rings. The van der Waals surface area contributed by atoms with Crippen LogP contribution in [0.4, 0.5) is 4.79 Å². The van der Waals surface area contributed by atoms with Gasteiger partial charge in [0.1, 0.15) is 5.75 Å². The van der Waals surface area contributed by atoms with Crippen LogP contribution in [0.1, 0.15) is 33.6 Å². The van der Waals surface area contributed by atoms with Gasteiger partial charge in [0.05, 0.1) is 12.1 Å².